The van der Waals surface area contributed by atoms with Gasteiger partial charge in [0.1, 0.15) is 0 Å². The van der Waals surface area contributed by atoms with E-state index in [-0.39, 0.29) is 18.1 Å². The second-order valence-electron chi connectivity index (χ2n) is 9.47. The van der Waals surface area contributed by atoms with E-state index in [0.29, 0.717) is 25.3 Å². The summed E-state index contributed by atoms with van der Waals surface area (Å²) < 4.78 is 44.0. The van der Waals surface area contributed by atoms with Crippen molar-refractivity contribution in [2.24, 2.45) is 0 Å². The van der Waals surface area contributed by atoms with Crippen LogP contribution in [0.4, 0.5) is 29.3 Å². The maximum atomic E-state index is 13.4. The minimum atomic E-state index is -4.45. The lowest BCUT2D eigenvalue weighted by Gasteiger charge is -2.24. The molecular weight excluding hydrogens is 561 g/mol. The first kappa shape index (κ1) is 30.7. The van der Waals surface area contributed by atoms with Gasteiger partial charge >= 0.3 is 18.2 Å². The molecule has 0 heterocycles. The maximum Gasteiger partial charge on any atom is 0.416 e. The average Bonchev–Trinajstić information content (AvgIpc) is 2.97. The van der Waals surface area contributed by atoms with Crippen LogP contribution in [0.2, 0.25) is 0 Å². The number of esters is 1. The van der Waals surface area contributed by atoms with Crippen LogP contribution >= 0.6 is 11.8 Å². The molecule has 0 aliphatic heterocycles. The van der Waals surface area contributed by atoms with Gasteiger partial charge in [-0.2, -0.15) is 13.2 Å². The number of anilines is 2. The highest BCUT2D eigenvalue weighted by Crippen LogP contribution is 2.32. The van der Waals surface area contributed by atoms with Gasteiger partial charge in [-0.3, -0.25) is 9.69 Å². The molecule has 0 spiro atoms. The Balaban J connectivity index is 1.49. The fourth-order valence-corrected chi connectivity index (χ4v) is 5.14. The van der Waals surface area contributed by atoms with Crippen LogP contribution in [-0.4, -0.2) is 25.2 Å². The molecule has 0 aliphatic carbocycles. The van der Waals surface area contributed by atoms with E-state index < -0.39 is 17.8 Å². The molecule has 9 heteroatoms. The van der Waals surface area contributed by atoms with Gasteiger partial charge in [-0.05, 0) is 85.5 Å². The van der Waals surface area contributed by atoms with Crippen LogP contribution in [0.15, 0.2) is 113 Å². The van der Waals surface area contributed by atoms with E-state index in [2.05, 4.69) is 5.32 Å². The third-order valence-corrected chi connectivity index (χ3v) is 7.34. The van der Waals surface area contributed by atoms with Gasteiger partial charge in [0, 0.05) is 27.7 Å². The van der Waals surface area contributed by atoms with Crippen molar-refractivity contribution < 1.29 is 27.5 Å². The second-order valence-corrected chi connectivity index (χ2v) is 10.6. The van der Waals surface area contributed by atoms with Crippen LogP contribution in [0.5, 0.6) is 0 Å². The molecule has 218 valence electrons. The minimum Gasteiger partial charge on any atom is -0.466 e. The van der Waals surface area contributed by atoms with Crippen molar-refractivity contribution in [3.8, 4) is 0 Å². The summed E-state index contributed by atoms with van der Waals surface area (Å²) in [6, 6.07) is 29.1. The topological polar surface area (TPSA) is 58.6 Å². The highest BCUT2D eigenvalue weighted by atomic mass is 32.2. The lowest BCUT2D eigenvalue weighted by Crippen LogP contribution is -2.36. The zero-order valence-electron chi connectivity index (χ0n) is 23.1. The smallest absolute Gasteiger partial charge is 0.416 e. The molecule has 1 N–H and O–H groups in total. The molecule has 0 unspecified atom stereocenters. The zero-order valence-corrected chi connectivity index (χ0v) is 23.9. The van der Waals surface area contributed by atoms with Crippen LogP contribution in [0.25, 0.3) is 0 Å². The van der Waals surface area contributed by atoms with Gasteiger partial charge in [0.15, 0.2) is 0 Å². The van der Waals surface area contributed by atoms with Gasteiger partial charge in [0.2, 0.25) is 0 Å². The van der Waals surface area contributed by atoms with Gasteiger partial charge in [0.05, 0.1) is 18.6 Å². The first-order valence-corrected chi connectivity index (χ1v) is 14.3. The average molecular weight is 593 g/mol. The number of carbonyl (C=O) groups is 2. The van der Waals surface area contributed by atoms with Gasteiger partial charge in [0.25, 0.3) is 0 Å². The van der Waals surface area contributed by atoms with Crippen LogP contribution in [0.1, 0.15) is 30.0 Å². The number of hydrogen-bond acceptors (Lipinski definition) is 4. The Labute approximate surface area is 247 Å². The minimum absolute atomic E-state index is 0.209. The Morgan fingerprint density at radius 1 is 0.833 bits per heavy atom. The Hall–Kier alpha value is -4.24. The van der Waals surface area contributed by atoms with Crippen molar-refractivity contribution in [3.63, 3.8) is 0 Å². The third-order valence-electron chi connectivity index (χ3n) is 6.34. The number of aryl methyl sites for hydroxylation is 1. The summed E-state index contributed by atoms with van der Waals surface area (Å²) in [4.78, 5) is 28.7. The lowest BCUT2D eigenvalue weighted by molar-refractivity contribution is -0.142. The monoisotopic (exact) mass is 592 g/mol. The summed E-state index contributed by atoms with van der Waals surface area (Å²) in [5.74, 6) is -0.271. The van der Waals surface area contributed by atoms with E-state index >= 15 is 0 Å². The van der Waals surface area contributed by atoms with E-state index in [1.54, 1.807) is 11.8 Å². The molecule has 0 aliphatic rings. The van der Waals surface area contributed by atoms with Crippen molar-refractivity contribution in [2.75, 3.05) is 23.4 Å². The van der Waals surface area contributed by atoms with Crippen molar-refractivity contribution >= 4 is 35.1 Å². The van der Waals surface area contributed by atoms with Crippen LogP contribution < -0.4 is 10.2 Å². The molecule has 4 aromatic carbocycles. The first-order valence-electron chi connectivity index (χ1n) is 13.5. The predicted molar refractivity (Wildman–Crippen MR) is 160 cm³/mol. The van der Waals surface area contributed by atoms with Crippen LogP contribution in [-0.2, 0) is 28.5 Å². The molecule has 0 radical (unpaired) electrons. The van der Waals surface area contributed by atoms with Crippen molar-refractivity contribution in [1.82, 2.24) is 0 Å². The normalized spacial score (nSPS) is 11.1. The number of hydrogen-bond donors (Lipinski definition) is 1. The number of urea groups is 1. The number of nitrogens with zero attached hydrogens (tertiary/aromatic N) is 1. The zero-order chi connectivity index (χ0) is 30.0. The van der Waals surface area contributed by atoms with Gasteiger partial charge in [-0.15, -0.1) is 0 Å². The third kappa shape index (κ3) is 9.14. The SMILES string of the molecule is CCOC(=O)Cc1ccc(Sc2cccc(N(CCCc3ccccc3)C(=O)Nc3ccc(C(F)(F)F)cc3)c2)cc1. The van der Waals surface area contributed by atoms with E-state index in [1.165, 1.54) is 23.9 Å². The van der Waals surface area contributed by atoms with Crippen molar-refractivity contribution in [3.05, 3.63) is 120 Å². The number of rotatable bonds is 11. The summed E-state index contributed by atoms with van der Waals surface area (Å²) >= 11 is 1.52. The van der Waals surface area contributed by atoms with E-state index in [9.17, 15) is 22.8 Å². The first-order chi connectivity index (χ1) is 20.2. The molecule has 42 heavy (non-hydrogen) atoms. The van der Waals surface area contributed by atoms with Crippen molar-refractivity contribution in [2.45, 2.75) is 42.2 Å². The molecule has 2 amide bonds. The Bertz CT molecular complexity index is 1460. The summed E-state index contributed by atoms with van der Waals surface area (Å²) in [6.07, 6.45) is -2.80. The van der Waals surface area contributed by atoms with Gasteiger partial charge in [-0.25, -0.2) is 4.79 Å². The predicted octanol–water partition coefficient (Wildman–Crippen LogP) is 8.63. The molecule has 0 saturated carbocycles. The Morgan fingerprint density at radius 2 is 1.55 bits per heavy atom. The van der Waals surface area contributed by atoms with Crippen molar-refractivity contribution in [1.29, 1.82) is 0 Å². The highest BCUT2D eigenvalue weighted by molar-refractivity contribution is 7.99. The molecule has 0 bridgehead atoms. The maximum absolute atomic E-state index is 13.4. The standard InChI is InChI=1S/C33H31F3N2O3S/c1-2-41-31(39)22-25-13-19-29(20-14-25)42-30-12-6-11-28(23-30)38(21-7-10-24-8-4-3-5-9-24)32(40)37-27-17-15-26(16-18-27)33(34,35)36/h3-6,8-9,11-20,23H,2,7,10,21-22H2,1H3,(H,37,40). The molecular formula is C33H31F3N2O3S. The largest absolute Gasteiger partial charge is 0.466 e. The summed E-state index contributed by atoms with van der Waals surface area (Å²) in [6.45, 7) is 2.52. The molecule has 4 rings (SSSR count). The number of ether oxygens (including phenoxy) is 1. The second kappa shape index (κ2) is 14.6. The fraction of sp³-hybridized carbons (Fsp3) is 0.212. The van der Waals surface area contributed by atoms with E-state index in [4.69, 9.17) is 4.74 Å². The number of alkyl halides is 3. The molecule has 4 aromatic rings. The Morgan fingerprint density at radius 3 is 2.21 bits per heavy atom. The molecule has 0 atom stereocenters. The number of nitrogens with one attached hydrogen (secondary N) is 1. The number of halogens is 3. The van der Waals surface area contributed by atoms with Crippen LogP contribution in [0, 0.1) is 0 Å². The van der Waals surface area contributed by atoms with Gasteiger partial charge < -0.3 is 10.1 Å². The van der Waals surface area contributed by atoms with E-state index in [0.717, 1.165) is 39.5 Å². The molecule has 0 fully saturated rings. The Kier molecular flexibility index (Phi) is 10.7. The molecule has 0 saturated heterocycles. The number of benzene rings is 4. The summed E-state index contributed by atoms with van der Waals surface area (Å²) in [5, 5.41) is 2.74. The summed E-state index contributed by atoms with van der Waals surface area (Å²) in [5.41, 5.74) is 2.16. The molecule has 5 nitrogen and oxygen atoms in total. The number of amides is 2. The van der Waals surface area contributed by atoms with Gasteiger partial charge in [-0.1, -0.05) is 60.3 Å². The quantitative estimate of drug-likeness (QED) is 0.177. The lowest BCUT2D eigenvalue weighted by atomic mass is 10.1. The molecule has 0 aromatic heterocycles. The van der Waals surface area contributed by atoms with E-state index in [1.807, 2.05) is 78.9 Å². The highest BCUT2D eigenvalue weighted by Gasteiger charge is 2.30. The van der Waals surface area contributed by atoms with Crippen LogP contribution in [0.3, 0.4) is 0 Å². The fourth-order valence-electron chi connectivity index (χ4n) is 4.27. The summed E-state index contributed by atoms with van der Waals surface area (Å²) in [7, 11) is 0. The number of carbonyl (C=O) groups excluding carboxylic acids is 2.